The molecule has 0 unspecified atom stereocenters. The number of esters is 1. The van der Waals surface area contributed by atoms with Crippen LogP contribution in [0.25, 0.3) is 0 Å². The number of rotatable bonds is 3. The summed E-state index contributed by atoms with van der Waals surface area (Å²) in [5.41, 5.74) is -0.411. The van der Waals surface area contributed by atoms with E-state index in [1.165, 1.54) is 6.92 Å². The molecule has 1 aromatic carbocycles. The van der Waals surface area contributed by atoms with E-state index in [2.05, 4.69) is 25.4 Å². The average molecular weight is 338 g/mol. The number of benzene rings is 1. The van der Waals surface area contributed by atoms with Crippen molar-refractivity contribution in [2.45, 2.75) is 13.3 Å². The number of alkyl halides is 3. The van der Waals surface area contributed by atoms with Gasteiger partial charge in [0.1, 0.15) is 11.8 Å². The summed E-state index contributed by atoms with van der Waals surface area (Å²) < 4.78 is 44.7. The highest BCUT2D eigenvalue weighted by atomic mass is 79.9. The standard InChI is InChI=1S/C11H7BrF3NO3/c1-2-18-10(17)7-3-6(19-11(13,14)15)4-9(12)8(7)5-16/h3-4H,2H2,1H3. The zero-order chi connectivity index (χ0) is 14.6. The van der Waals surface area contributed by atoms with E-state index < -0.39 is 18.1 Å². The summed E-state index contributed by atoms with van der Waals surface area (Å²) in [5.74, 6) is -1.51. The Morgan fingerprint density at radius 3 is 2.58 bits per heavy atom. The monoisotopic (exact) mass is 337 g/mol. The molecule has 0 spiro atoms. The lowest BCUT2D eigenvalue weighted by Crippen LogP contribution is -2.18. The molecule has 1 rings (SSSR count). The van der Waals surface area contributed by atoms with E-state index in [9.17, 15) is 18.0 Å². The smallest absolute Gasteiger partial charge is 0.462 e. The second-order valence-electron chi connectivity index (χ2n) is 3.21. The van der Waals surface area contributed by atoms with E-state index in [0.717, 1.165) is 12.1 Å². The van der Waals surface area contributed by atoms with E-state index >= 15 is 0 Å². The van der Waals surface area contributed by atoms with Gasteiger partial charge in [-0.25, -0.2) is 4.79 Å². The topological polar surface area (TPSA) is 59.3 Å². The summed E-state index contributed by atoms with van der Waals surface area (Å²) >= 11 is 2.91. The molecular formula is C11H7BrF3NO3. The molecule has 0 aliphatic rings. The Hall–Kier alpha value is -1.75. The highest BCUT2D eigenvalue weighted by Gasteiger charge is 2.32. The van der Waals surface area contributed by atoms with Crippen LogP contribution in [0.3, 0.4) is 0 Å². The van der Waals surface area contributed by atoms with Crippen molar-refractivity contribution in [3.63, 3.8) is 0 Å². The molecule has 0 N–H and O–H groups in total. The lowest BCUT2D eigenvalue weighted by atomic mass is 10.1. The summed E-state index contributed by atoms with van der Waals surface area (Å²) in [7, 11) is 0. The Labute approximate surface area is 114 Å². The van der Waals surface area contributed by atoms with Crippen LogP contribution in [0.15, 0.2) is 16.6 Å². The molecule has 0 aromatic heterocycles. The molecular weight excluding hydrogens is 331 g/mol. The minimum Gasteiger partial charge on any atom is -0.462 e. The molecule has 19 heavy (non-hydrogen) atoms. The van der Waals surface area contributed by atoms with Crippen molar-refractivity contribution in [1.82, 2.24) is 0 Å². The van der Waals surface area contributed by atoms with Crippen LogP contribution in [0.5, 0.6) is 5.75 Å². The highest BCUT2D eigenvalue weighted by Crippen LogP contribution is 2.30. The highest BCUT2D eigenvalue weighted by molar-refractivity contribution is 9.10. The fourth-order valence-electron chi connectivity index (χ4n) is 1.26. The molecule has 102 valence electrons. The molecule has 0 bridgehead atoms. The van der Waals surface area contributed by atoms with Crippen molar-refractivity contribution in [3.05, 3.63) is 27.7 Å². The van der Waals surface area contributed by atoms with Gasteiger partial charge in [0.15, 0.2) is 0 Å². The molecule has 0 aliphatic heterocycles. The lowest BCUT2D eigenvalue weighted by Gasteiger charge is -2.12. The quantitative estimate of drug-likeness (QED) is 0.793. The first-order valence-electron chi connectivity index (χ1n) is 4.95. The summed E-state index contributed by atoms with van der Waals surface area (Å²) in [5, 5.41) is 8.89. The second-order valence-corrected chi connectivity index (χ2v) is 4.06. The van der Waals surface area contributed by atoms with Crippen molar-refractivity contribution in [3.8, 4) is 11.8 Å². The van der Waals surface area contributed by atoms with Crippen molar-refractivity contribution in [2.75, 3.05) is 6.61 Å². The maximum absolute atomic E-state index is 12.1. The number of nitrogens with zero attached hydrogens (tertiary/aromatic N) is 1. The van der Waals surface area contributed by atoms with Crippen LogP contribution in [-0.4, -0.2) is 18.9 Å². The molecule has 1 aromatic rings. The molecule has 0 radical (unpaired) electrons. The normalized spacial score (nSPS) is 10.7. The number of hydrogen-bond acceptors (Lipinski definition) is 4. The Bertz CT molecular complexity index is 537. The van der Waals surface area contributed by atoms with Crippen molar-refractivity contribution >= 4 is 21.9 Å². The van der Waals surface area contributed by atoms with Gasteiger partial charge in [0.05, 0.1) is 17.7 Å². The van der Waals surface area contributed by atoms with E-state index in [1.54, 1.807) is 6.07 Å². The maximum atomic E-state index is 12.1. The summed E-state index contributed by atoms with van der Waals surface area (Å²) in [6.45, 7) is 1.57. The van der Waals surface area contributed by atoms with Crippen molar-refractivity contribution in [2.24, 2.45) is 0 Å². The molecule has 0 aliphatic carbocycles. The fraction of sp³-hybridized carbons (Fsp3) is 0.273. The fourth-order valence-corrected chi connectivity index (χ4v) is 1.79. The van der Waals surface area contributed by atoms with Gasteiger partial charge in [0.2, 0.25) is 0 Å². The number of halogens is 4. The van der Waals surface area contributed by atoms with Crippen LogP contribution < -0.4 is 4.74 Å². The molecule has 0 saturated carbocycles. The van der Waals surface area contributed by atoms with Crippen LogP contribution >= 0.6 is 15.9 Å². The zero-order valence-electron chi connectivity index (χ0n) is 9.55. The number of nitriles is 1. The van der Waals surface area contributed by atoms with Crippen LogP contribution in [0, 0.1) is 11.3 Å². The maximum Gasteiger partial charge on any atom is 0.573 e. The van der Waals surface area contributed by atoms with Gasteiger partial charge in [-0.05, 0) is 35.0 Å². The predicted molar refractivity (Wildman–Crippen MR) is 61.5 cm³/mol. The van der Waals surface area contributed by atoms with Crippen LogP contribution in [0.2, 0.25) is 0 Å². The summed E-state index contributed by atoms with van der Waals surface area (Å²) in [6, 6.07) is 3.48. The summed E-state index contributed by atoms with van der Waals surface area (Å²) in [6.07, 6.45) is -4.89. The van der Waals surface area contributed by atoms with Gasteiger partial charge in [0.25, 0.3) is 0 Å². The molecule has 0 amide bonds. The molecule has 4 nitrogen and oxygen atoms in total. The molecule has 0 fully saturated rings. The summed E-state index contributed by atoms with van der Waals surface area (Å²) in [4.78, 5) is 11.6. The zero-order valence-corrected chi connectivity index (χ0v) is 11.1. The third-order valence-electron chi connectivity index (χ3n) is 1.90. The van der Waals surface area contributed by atoms with Crippen LogP contribution in [0.4, 0.5) is 13.2 Å². The molecule has 0 saturated heterocycles. The first-order chi connectivity index (χ1) is 8.78. The van der Waals surface area contributed by atoms with Gasteiger partial charge in [-0.2, -0.15) is 5.26 Å². The SMILES string of the molecule is CCOC(=O)c1cc(OC(F)(F)F)cc(Br)c1C#N. The van der Waals surface area contributed by atoms with Crippen LogP contribution in [-0.2, 0) is 4.74 Å². The first-order valence-corrected chi connectivity index (χ1v) is 5.74. The Kier molecular flexibility index (Phi) is 4.78. The van der Waals surface area contributed by atoms with Gasteiger partial charge >= 0.3 is 12.3 Å². The van der Waals surface area contributed by atoms with Gasteiger partial charge < -0.3 is 9.47 Å². The average Bonchev–Trinajstić information content (AvgIpc) is 2.26. The number of ether oxygens (including phenoxy) is 2. The van der Waals surface area contributed by atoms with Crippen molar-refractivity contribution in [1.29, 1.82) is 5.26 Å². The molecule has 0 atom stereocenters. The minimum absolute atomic E-state index is 0.0137. The number of hydrogen-bond donors (Lipinski definition) is 0. The lowest BCUT2D eigenvalue weighted by molar-refractivity contribution is -0.274. The molecule has 8 heteroatoms. The van der Waals surface area contributed by atoms with Gasteiger partial charge in [-0.1, -0.05) is 0 Å². The largest absolute Gasteiger partial charge is 0.573 e. The van der Waals surface area contributed by atoms with E-state index in [4.69, 9.17) is 5.26 Å². The van der Waals surface area contributed by atoms with Gasteiger partial charge in [-0.15, -0.1) is 13.2 Å². The molecule has 0 heterocycles. The van der Waals surface area contributed by atoms with Gasteiger partial charge in [0, 0.05) is 4.47 Å². The van der Waals surface area contributed by atoms with E-state index in [0.29, 0.717) is 0 Å². The first kappa shape index (κ1) is 15.3. The predicted octanol–water partition coefficient (Wildman–Crippen LogP) is 3.40. The second kappa shape index (κ2) is 5.93. The Morgan fingerprint density at radius 1 is 1.47 bits per heavy atom. The number of carbonyl (C=O) groups excluding carboxylic acids is 1. The van der Waals surface area contributed by atoms with Gasteiger partial charge in [-0.3, -0.25) is 0 Å². The third kappa shape index (κ3) is 4.13. The third-order valence-corrected chi connectivity index (χ3v) is 2.53. The Balaban J connectivity index is 3.27. The van der Waals surface area contributed by atoms with E-state index in [-0.39, 0.29) is 22.2 Å². The van der Waals surface area contributed by atoms with Crippen LogP contribution in [0.1, 0.15) is 22.8 Å². The Morgan fingerprint density at radius 2 is 2.11 bits per heavy atom. The van der Waals surface area contributed by atoms with E-state index in [1.807, 2.05) is 0 Å². The number of carbonyl (C=O) groups is 1. The van der Waals surface area contributed by atoms with Crippen molar-refractivity contribution < 1.29 is 27.4 Å². The minimum atomic E-state index is -4.89.